The SMILES string of the molecule is CO[C@@H](CNS(C)(=O)=O)c1cc2ccccc2o1. The number of methoxy groups -OCH3 is 1. The first-order valence-electron chi connectivity index (χ1n) is 5.45. The van der Waals surface area contributed by atoms with Gasteiger partial charge in [-0.15, -0.1) is 0 Å². The molecule has 6 heteroatoms. The van der Waals surface area contributed by atoms with E-state index in [-0.39, 0.29) is 6.54 Å². The van der Waals surface area contributed by atoms with Gasteiger partial charge in [0.05, 0.1) is 6.26 Å². The Morgan fingerprint density at radius 2 is 2.11 bits per heavy atom. The molecule has 0 amide bonds. The standard InChI is InChI=1S/C12H15NO4S/c1-16-12(8-13-18(2,14)15)11-7-9-5-3-4-6-10(9)17-11/h3-7,12-13H,8H2,1-2H3/t12-/m0/s1. The number of benzene rings is 1. The minimum absolute atomic E-state index is 0.148. The highest BCUT2D eigenvalue weighted by Gasteiger charge is 2.17. The van der Waals surface area contributed by atoms with E-state index in [0.717, 1.165) is 17.2 Å². The molecule has 0 aliphatic carbocycles. The third-order valence-corrected chi connectivity index (χ3v) is 3.27. The Morgan fingerprint density at radius 1 is 1.39 bits per heavy atom. The summed E-state index contributed by atoms with van der Waals surface area (Å²) in [4.78, 5) is 0. The smallest absolute Gasteiger partial charge is 0.208 e. The van der Waals surface area contributed by atoms with Gasteiger partial charge in [0.25, 0.3) is 0 Å². The highest BCUT2D eigenvalue weighted by molar-refractivity contribution is 7.88. The highest BCUT2D eigenvalue weighted by atomic mass is 32.2. The Balaban J connectivity index is 2.21. The van der Waals surface area contributed by atoms with Crippen LogP contribution in [0.2, 0.25) is 0 Å². The second-order valence-corrected chi connectivity index (χ2v) is 5.86. The molecule has 0 fully saturated rings. The lowest BCUT2D eigenvalue weighted by atomic mass is 10.2. The molecule has 0 aliphatic rings. The largest absolute Gasteiger partial charge is 0.458 e. The quantitative estimate of drug-likeness (QED) is 0.896. The molecular formula is C12H15NO4S. The summed E-state index contributed by atoms with van der Waals surface area (Å²) in [5, 5.41) is 0.967. The molecule has 0 radical (unpaired) electrons. The maximum absolute atomic E-state index is 11.1. The van der Waals surface area contributed by atoms with Crippen LogP contribution in [0.15, 0.2) is 34.7 Å². The van der Waals surface area contributed by atoms with E-state index in [1.54, 1.807) is 0 Å². The zero-order chi connectivity index (χ0) is 13.2. The van der Waals surface area contributed by atoms with Crippen molar-refractivity contribution in [2.45, 2.75) is 6.10 Å². The second kappa shape index (κ2) is 5.09. The average molecular weight is 269 g/mol. The highest BCUT2D eigenvalue weighted by Crippen LogP contribution is 2.25. The van der Waals surface area contributed by atoms with E-state index >= 15 is 0 Å². The number of para-hydroxylation sites is 1. The maximum Gasteiger partial charge on any atom is 0.208 e. The molecule has 2 rings (SSSR count). The maximum atomic E-state index is 11.1. The van der Waals surface area contributed by atoms with Crippen LogP contribution < -0.4 is 4.72 Å². The molecule has 0 unspecified atom stereocenters. The molecule has 0 bridgehead atoms. The topological polar surface area (TPSA) is 68.5 Å². The second-order valence-electron chi connectivity index (χ2n) is 4.03. The predicted molar refractivity (Wildman–Crippen MR) is 68.8 cm³/mol. The van der Waals surface area contributed by atoms with Crippen LogP contribution in [0.25, 0.3) is 11.0 Å². The van der Waals surface area contributed by atoms with Gasteiger partial charge < -0.3 is 9.15 Å². The number of nitrogens with one attached hydrogen (secondary N) is 1. The van der Waals surface area contributed by atoms with Gasteiger partial charge in [-0.05, 0) is 12.1 Å². The van der Waals surface area contributed by atoms with Crippen molar-refractivity contribution < 1.29 is 17.6 Å². The predicted octanol–water partition coefficient (Wildman–Crippen LogP) is 1.67. The number of ether oxygens (including phenoxy) is 1. The third-order valence-electron chi connectivity index (χ3n) is 2.58. The Hall–Kier alpha value is -1.37. The van der Waals surface area contributed by atoms with E-state index in [1.165, 1.54) is 7.11 Å². The van der Waals surface area contributed by atoms with Gasteiger partial charge in [-0.3, -0.25) is 0 Å². The van der Waals surface area contributed by atoms with E-state index < -0.39 is 16.1 Å². The van der Waals surface area contributed by atoms with Gasteiger partial charge in [-0.1, -0.05) is 18.2 Å². The summed E-state index contributed by atoms with van der Waals surface area (Å²) in [5.74, 6) is 0.606. The Morgan fingerprint density at radius 3 is 2.72 bits per heavy atom. The van der Waals surface area contributed by atoms with Crippen LogP contribution in [0.1, 0.15) is 11.9 Å². The molecule has 0 spiro atoms. The number of sulfonamides is 1. The van der Waals surface area contributed by atoms with E-state index in [0.29, 0.717) is 5.76 Å². The summed E-state index contributed by atoms with van der Waals surface area (Å²) < 4.78 is 35.4. The van der Waals surface area contributed by atoms with Crippen LogP contribution in [0.5, 0.6) is 0 Å². The minimum atomic E-state index is -3.24. The van der Waals surface area contributed by atoms with Crippen molar-refractivity contribution in [1.82, 2.24) is 4.72 Å². The van der Waals surface area contributed by atoms with E-state index in [4.69, 9.17) is 9.15 Å². The minimum Gasteiger partial charge on any atom is -0.458 e. The van der Waals surface area contributed by atoms with Crippen molar-refractivity contribution in [3.05, 3.63) is 36.1 Å². The molecule has 18 heavy (non-hydrogen) atoms. The van der Waals surface area contributed by atoms with Crippen molar-refractivity contribution in [1.29, 1.82) is 0 Å². The fourth-order valence-corrected chi connectivity index (χ4v) is 2.14. The fourth-order valence-electron chi connectivity index (χ4n) is 1.69. The molecule has 98 valence electrons. The van der Waals surface area contributed by atoms with Gasteiger partial charge in [0.1, 0.15) is 17.4 Å². The van der Waals surface area contributed by atoms with Crippen molar-refractivity contribution in [2.24, 2.45) is 0 Å². The molecule has 0 saturated carbocycles. The summed E-state index contributed by atoms with van der Waals surface area (Å²) >= 11 is 0. The first-order valence-corrected chi connectivity index (χ1v) is 7.34. The van der Waals surface area contributed by atoms with Gasteiger partial charge >= 0.3 is 0 Å². The third kappa shape index (κ3) is 3.10. The number of hydrogen-bond donors (Lipinski definition) is 1. The molecule has 1 N–H and O–H groups in total. The molecule has 1 atom stereocenters. The summed E-state index contributed by atoms with van der Waals surface area (Å²) in [7, 11) is -1.72. The van der Waals surface area contributed by atoms with Crippen LogP contribution in [0.3, 0.4) is 0 Å². The molecule has 1 aromatic carbocycles. The molecule has 1 aromatic heterocycles. The van der Waals surface area contributed by atoms with Crippen molar-refractivity contribution >= 4 is 21.0 Å². The van der Waals surface area contributed by atoms with Crippen LogP contribution in [0, 0.1) is 0 Å². The lowest BCUT2D eigenvalue weighted by Gasteiger charge is -2.12. The summed E-state index contributed by atoms with van der Waals surface area (Å²) in [6.07, 6.45) is 0.672. The van der Waals surface area contributed by atoms with Gasteiger partial charge in [0.15, 0.2) is 0 Å². The van der Waals surface area contributed by atoms with Crippen LogP contribution in [-0.2, 0) is 14.8 Å². The van der Waals surface area contributed by atoms with E-state index in [9.17, 15) is 8.42 Å². The molecule has 0 saturated heterocycles. The zero-order valence-electron chi connectivity index (χ0n) is 10.2. The number of furan rings is 1. The van der Waals surface area contributed by atoms with E-state index in [2.05, 4.69) is 4.72 Å². The lowest BCUT2D eigenvalue weighted by molar-refractivity contribution is 0.0894. The summed E-state index contributed by atoms with van der Waals surface area (Å²) in [5.41, 5.74) is 0.758. The number of fused-ring (bicyclic) bond motifs is 1. The lowest BCUT2D eigenvalue weighted by Crippen LogP contribution is -2.27. The van der Waals surface area contributed by atoms with Gasteiger partial charge in [-0.2, -0.15) is 0 Å². The molecule has 2 aromatic rings. The van der Waals surface area contributed by atoms with Crippen LogP contribution in [-0.4, -0.2) is 28.3 Å². The van der Waals surface area contributed by atoms with Crippen molar-refractivity contribution in [3.8, 4) is 0 Å². The number of rotatable bonds is 5. The van der Waals surface area contributed by atoms with Gasteiger partial charge in [0, 0.05) is 19.0 Å². The normalized spacial score (nSPS) is 13.9. The van der Waals surface area contributed by atoms with Crippen LogP contribution in [0.4, 0.5) is 0 Å². The molecule has 5 nitrogen and oxygen atoms in total. The first-order chi connectivity index (χ1) is 8.49. The Kier molecular flexibility index (Phi) is 3.70. The first kappa shape index (κ1) is 13.1. The molecule has 0 aliphatic heterocycles. The molecule has 1 heterocycles. The monoisotopic (exact) mass is 269 g/mol. The summed E-state index contributed by atoms with van der Waals surface area (Å²) in [6, 6.07) is 9.44. The molecular weight excluding hydrogens is 254 g/mol. The van der Waals surface area contributed by atoms with Crippen LogP contribution >= 0.6 is 0 Å². The van der Waals surface area contributed by atoms with E-state index in [1.807, 2.05) is 30.3 Å². The average Bonchev–Trinajstić information content (AvgIpc) is 2.71. The fraction of sp³-hybridized carbons (Fsp3) is 0.333. The van der Waals surface area contributed by atoms with Gasteiger partial charge in [-0.25, -0.2) is 13.1 Å². The number of hydrogen-bond acceptors (Lipinski definition) is 4. The van der Waals surface area contributed by atoms with Crippen molar-refractivity contribution in [2.75, 3.05) is 19.9 Å². The zero-order valence-corrected chi connectivity index (χ0v) is 11.0. The Labute approximate surface area is 106 Å². The van der Waals surface area contributed by atoms with Gasteiger partial charge in [0.2, 0.25) is 10.0 Å². The van der Waals surface area contributed by atoms with Crippen molar-refractivity contribution in [3.63, 3.8) is 0 Å². The Bertz CT molecular complexity index is 599. The summed E-state index contributed by atoms with van der Waals surface area (Å²) in [6.45, 7) is 0.148.